The average molecular weight is 383 g/mol. The molecule has 28 heavy (non-hydrogen) atoms. The van der Waals surface area contributed by atoms with Gasteiger partial charge < -0.3 is 25.0 Å². The SMILES string of the molecule is CC(=O)Nc1ccc(N(CC(=O)Nc2ccc3c(c2)OCCO3)C(C)=O)cc1. The average Bonchev–Trinajstić information content (AvgIpc) is 2.66. The Bertz CT molecular complexity index is 895. The molecule has 3 rings (SSSR count). The smallest absolute Gasteiger partial charge is 0.244 e. The van der Waals surface area contributed by atoms with Crippen molar-refractivity contribution in [2.45, 2.75) is 13.8 Å². The maximum absolute atomic E-state index is 12.4. The molecule has 2 aromatic rings. The van der Waals surface area contributed by atoms with E-state index in [1.54, 1.807) is 42.5 Å². The van der Waals surface area contributed by atoms with E-state index in [9.17, 15) is 14.4 Å². The highest BCUT2D eigenvalue weighted by atomic mass is 16.6. The zero-order valence-corrected chi connectivity index (χ0v) is 15.7. The summed E-state index contributed by atoms with van der Waals surface area (Å²) < 4.78 is 11.0. The first kappa shape index (κ1) is 19.2. The fraction of sp³-hybridized carbons (Fsp3) is 0.250. The molecule has 2 aromatic carbocycles. The molecule has 0 bridgehead atoms. The van der Waals surface area contributed by atoms with Crippen LogP contribution in [0.3, 0.4) is 0 Å². The molecule has 8 nitrogen and oxygen atoms in total. The van der Waals surface area contributed by atoms with Crippen molar-refractivity contribution in [1.82, 2.24) is 0 Å². The molecule has 0 unspecified atom stereocenters. The molecule has 1 aliphatic rings. The highest BCUT2D eigenvalue weighted by Crippen LogP contribution is 2.32. The lowest BCUT2D eigenvalue weighted by molar-refractivity contribution is -0.120. The monoisotopic (exact) mass is 383 g/mol. The molecule has 146 valence electrons. The van der Waals surface area contributed by atoms with Crippen LogP contribution in [0.15, 0.2) is 42.5 Å². The van der Waals surface area contributed by atoms with Crippen LogP contribution in [0.4, 0.5) is 17.1 Å². The van der Waals surface area contributed by atoms with Crippen molar-refractivity contribution in [2.24, 2.45) is 0 Å². The number of hydrogen-bond donors (Lipinski definition) is 2. The van der Waals surface area contributed by atoms with Crippen LogP contribution in [0, 0.1) is 0 Å². The van der Waals surface area contributed by atoms with E-state index in [0.29, 0.717) is 41.8 Å². The van der Waals surface area contributed by atoms with Crippen LogP contribution >= 0.6 is 0 Å². The third-order valence-corrected chi connectivity index (χ3v) is 4.01. The first-order chi connectivity index (χ1) is 13.4. The van der Waals surface area contributed by atoms with Crippen LogP contribution < -0.4 is 25.0 Å². The van der Waals surface area contributed by atoms with Gasteiger partial charge in [-0.05, 0) is 36.4 Å². The van der Waals surface area contributed by atoms with Crippen molar-refractivity contribution in [3.05, 3.63) is 42.5 Å². The van der Waals surface area contributed by atoms with Crippen molar-refractivity contribution in [3.63, 3.8) is 0 Å². The predicted molar refractivity (Wildman–Crippen MR) is 105 cm³/mol. The largest absolute Gasteiger partial charge is 0.486 e. The van der Waals surface area contributed by atoms with Gasteiger partial charge in [0, 0.05) is 37.0 Å². The molecule has 1 aliphatic heterocycles. The Morgan fingerprint density at radius 1 is 0.893 bits per heavy atom. The van der Waals surface area contributed by atoms with Gasteiger partial charge in [0.15, 0.2) is 11.5 Å². The Morgan fingerprint density at radius 2 is 1.54 bits per heavy atom. The molecule has 3 amide bonds. The standard InChI is InChI=1S/C20H21N3O5/c1-13(24)21-15-3-6-17(7-4-15)23(14(2)25)12-20(26)22-16-5-8-18-19(11-16)28-10-9-27-18/h3-8,11H,9-10,12H2,1-2H3,(H,21,24)(H,22,26). The van der Waals surface area contributed by atoms with Crippen molar-refractivity contribution in [1.29, 1.82) is 0 Å². The van der Waals surface area contributed by atoms with Gasteiger partial charge in [-0.25, -0.2) is 0 Å². The summed E-state index contributed by atoms with van der Waals surface area (Å²) in [6.45, 7) is 3.60. The number of rotatable bonds is 5. The molecular formula is C20H21N3O5. The molecular weight excluding hydrogens is 362 g/mol. The third kappa shape index (κ3) is 4.79. The molecule has 1 heterocycles. The fourth-order valence-electron chi connectivity index (χ4n) is 2.78. The number of fused-ring (bicyclic) bond motifs is 1. The lowest BCUT2D eigenvalue weighted by Crippen LogP contribution is -2.36. The molecule has 2 N–H and O–H groups in total. The third-order valence-electron chi connectivity index (χ3n) is 4.01. The van der Waals surface area contributed by atoms with Gasteiger partial charge in [0.05, 0.1) is 0 Å². The zero-order chi connectivity index (χ0) is 20.1. The maximum atomic E-state index is 12.4. The van der Waals surface area contributed by atoms with E-state index in [2.05, 4.69) is 10.6 Å². The first-order valence-electron chi connectivity index (χ1n) is 8.77. The molecule has 0 atom stereocenters. The summed E-state index contributed by atoms with van der Waals surface area (Å²) in [6, 6.07) is 11.8. The Labute approximate surface area is 162 Å². The Hall–Kier alpha value is -3.55. The minimum absolute atomic E-state index is 0.150. The Kier molecular flexibility index (Phi) is 5.78. The van der Waals surface area contributed by atoms with Gasteiger partial charge in [0.2, 0.25) is 17.7 Å². The molecule has 0 saturated carbocycles. The number of ether oxygens (including phenoxy) is 2. The molecule has 0 saturated heterocycles. The zero-order valence-electron chi connectivity index (χ0n) is 15.7. The number of carbonyl (C=O) groups excluding carboxylic acids is 3. The molecule has 0 fully saturated rings. The number of nitrogens with zero attached hydrogens (tertiary/aromatic N) is 1. The second kappa shape index (κ2) is 8.43. The number of nitrogens with one attached hydrogen (secondary N) is 2. The molecule has 0 spiro atoms. The Morgan fingerprint density at radius 3 is 2.18 bits per heavy atom. The highest BCUT2D eigenvalue weighted by molar-refractivity contribution is 6.02. The predicted octanol–water partition coefficient (Wildman–Crippen LogP) is 2.41. The summed E-state index contributed by atoms with van der Waals surface area (Å²) in [4.78, 5) is 36.9. The molecule has 0 aliphatic carbocycles. The van der Waals surface area contributed by atoms with Gasteiger partial charge in [0.25, 0.3) is 0 Å². The van der Waals surface area contributed by atoms with Crippen LogP contribution in [-0.4, -0.2) is 37.5 Å². The van der Waals surface area contributed by atoms with E-state index in [-0.39, 0.29) is 24.3 Å². The minimum atomic E-state index is -0.349. The normalized spacial score (nSPS) is 12.1. The summed E-state index contributed by atoms with van der Waals surface area (Å²) in [6.07, 6.45) is 0. The van der Waals surface area contributed by atoms with Crippen LogP contribution in [0.1, 0.15) is 13.8 Å². The van der Waals surface area contributed by atoms with Crippen LogP contribution in [0.2, 0.25) is 0 Å². The summed E-state index contributed by atoms with van der Waals surface area (Å²) in [7, 11) is 0. The van der Waals surface area contributed by atoms with E-state index in [4.69, 9.17) is 9.47 Å². The highest BCUT2D eigenvalue weighted by Gasteiger charge is 2.17. The van der Waals surface area contributed by atoms with E-state index in [0.717, 1.165) is 0 Å². The first-order valence-corrected chi connectivity index (χ1v) is 8.77. The van der Waals surface area contributed by atoms with Gasteiger partial charge in [-0.2, -0.15) is 0 Å². The lowest BCUT2D eigenvalue weighted by atomic mass is 10.2. The molecule has 0 aromatic heterocycles. The number of anilines is 3. The van der Waals surface area contributed by atoms with E-state index < -0.39 is 0 Å². The maximum Gasteiger partial charge on any atom is 0.244 e. The summed E-state index contributed by atoms with van der Waals surface area (Å²) in [5.74, 6) is 0.396. The van der Waals surface area contributed by atoms with Crippen molar-refractivity contribution in [2.75, 3.05) is 35.3 Å². The number of hydrogen-bond acceptors (Lipinski definition) is 5. The summed E-state index contributed by atoms with van der Waals surface area (Å²) in [5.41, 5.74) is 1.72. The van der Waals surface area contributed by atoms with Crippen molar-refractivity contribution >= 4 is 34.8 Å². The molecule has 0 radical (unpaired) electrons. The van der Waals surface area contributed by atoms with Gasteiger partial charge >= 0.3 is 0 Å². The summed E-state index contributed by atoms with van der Waals surface area (Å²) >= 11 is 0. The van der Waals surface area contributed by atoms with Crippen LogP contribution in [0.25, 0.3) is 0 Å². The minimum Gasteiger partial charge on any atom is -0.486 e. The second-order valence-corrected chi connectivity index (χ2v) is 6.24. The van der Waals surface area contributed by atoms with Gasteiger partial charge in [-0.1, -0.05) is 0 Å². The quantitative estimate of drug-likeness (QED) is 0.826. The van der Waals surface area contributed by atoms with Gasteiger partial charge in [0.1, 0.15) is 19.8 Å². The summed E-state index contributed by atoms with van der Waals surface area (Å²) in [5, 5.41) is 5.41. The van der Waals surface area contributed by atoms with E-state index >= 15 is 0 Å². The second-order valence-electron chi connectivity index (χ2n) is 6.24. The Balaban J connectivity index is 1.67. The van der Waals surface area contributed by atoms with Crippen LogP contribution in [-0.2, 0) is 14.4 Å². The van der Waals surface area contributed by atoms with E-state index in [1.165, 1.54) is 18.7 Å². The van der Waals surface area contributed by atoms with E-state index in [1.807, 2.05) is 0 Å². The fourth-order valence-corrected chi connectivity index (χ4v) is 2.78. The number of amides is 3. The van der Waals surface area contributed by atoms with Crippen molar-refractivity contribution < 1.29 is 23.9 Å². The number of benzene rings is 2. The van der Waals surface area contributed by atoms with Crippen molar-refractivity contribution in [3.8, 4) is 11.5 Å². The van der Waals surface area contributed by atoms with Gasteiger partial charge in [-0.15, -0.1) is 0 Å². The van der Waals surface area contributed by atoms with Crippen LogP contribution in [0.5, 0.6) is 11.5 Å². The number of carbonyl (C=O) groups is 3. The topological polar surface area (TPSA) is 97.0 Å². The molecule has 8 heteroatoms. The van der Waals surface area contributed by atoms with Gasteiger partial charge in [-0.3, -0.25) is 14.4 Å². The lowest BCUT2D eigenvalue weighted by Gasteiger charge is -2.22.